The van der Waals surface area contributed by atoms with Gasteiger partial charge in [0.2, 0.25) is 11.8 Å². The van der Waals surface area contributed by atoms with Crippen LogP contribution in [0.4, 0.5) is 0 Å². The van der Waals surface area contributed by atoms with Crippen LogP contribution in [0.25, 0.3) is 0 Å². The molecular formula is C18H26N4O3S. The van der Waals surface area contributed by atoms with E-state index in [9.17, 15) is 14.4 Å². The van der Waals surface area contributed by atoms with Crippen molar-refractivity contribution in [1.29, 1.82) is 0 Å². The van der Waals surface area contributed by atoms with Crippen LogP contribution in [0.15, 0.2) is 29.2 Å². The summed E-state index contributed by atoms with van der Waals surface area (Å²) in [4.78, 5) is 40.3. The van der Waals surface area contributed by atoms with Crippen molar-refractivity contribution in [2.24, 2.45) is 5.73 Å². The molecule has 0 atom stereocenters. The average molecular weight is 378 g/mol. The first-order valence-electron chi connectivity index (χ1n) is 8.79. The van der Waals surface area contributed by atoms with Gasteiger partial charge >= 0.3 is 0 Å². The molecule has 1 heterocycles. The van der Waals surface area contributed by atoms with Crippen LogP contribution in [0, 0.1) is 0 Å². The summed E-state index contributed by atoms with van der Waals surface area (Å²) in [6, 6.07) is 7.26. The van der Waals surface area contributed by atoms with Gasteiger partial charge in [-0.3, -0.25) is 19.3 Å². The van der Waals surface area contributed by atoms with Crippen LogP contribution >= 0.6 is 11.8 Å². The van der Waals surface area contributed by atoms with E-state index >= 15 is 0 Å². The summed E-state index contributed by atoms with van der Waals surface area (Å²) in [7, 11) is 0. The summed E-state index contributed by atoms with van der Waals surface area (Å²) in [5.74, 6) is -0.287. The molecular weight excluding hydrogens is 352 g/mol. The molecule has 1 aromatic rings. The highest BCUT2D eigenvalue weighted by atomic mass is 32.2. The highest BCUT2D eigenvalue weighted by Crippen LogP contribution is 2.24. The second-order valence-electron chi connectivity index (χ2n) is 6.17. The normalized spacial score (nSPS) is 14.9. The van der Waals surface area contributed by atoms with Gasteiger partial charge in [-0.2, -0.15) is 0 Å². The van der Waals surface area contributed by atoms with Crippen LogP contribution < -0.4 is 11.1 Å². The SMILES string of the molecule is CCCNC(=O)CN1CCN(C(=O)c2ccccc2SCC(N)=O)CC1. The van der Waals surface area contributed by atoms with Crippen LogP contribution in [0.2, 0.25) is 0 Å². The van der Waals surface area contributed by atoms with Gasteiger partial charge in [-0.15, -0.1) is 11.8 Å². The van der Waals surface area contributed by atoms with Crippen molar-refractivity contribution in [3.05, 3.63) is 29.8 Å². The van der Waals surface area contributed by atoms with Gasteiger partial charge in [-0.25, -0.2) is 0 Å². The van der Waals surface area contributed by atoms with Gasteiger partial charge < -0.3 is 16.0 Å². The van der Waals surface area contributed by atoms with E-state index in [1.807, 2.05) is 25.1 Å². The Labute approximate surface area is 158 Å². The number of hydrogen-bond acceptors (Lipinski definition) is 5. The molecule has 3 N–H and O–H groups in total. The number of hydrogen-bond donors (Lipinski definition) is 2. The highest BCUT2D eigenvalue weighted by Gasteiger charge is 2.24. The second-order valence-corrected chi connectivity index (χ2v) is 7.19. The number of rotatable bonds is 8. The maximum atomic E-state index is 12.8. The Balaban J connectivity index is 1.90. The van der Waals surface area contributed by atoms with E-state index in [-0.39, 0.29) is 17.6 Å². The number of nitrogens with zero attached hydrogens (tertiary/aromatic N) is 2. The first kappa shape index (κ1) is 20.3. The van der Waals surface area contributed by atoms with Crippen LogP contribution in [-0.4, -0.2) is 72.5 Å². The van der Waals surface area contributed by atoms with Crippen molar-refractivity contribution in [1.82, 2.24) is 15.1 Å². The fraction of sp³-hybridized carbons (Fsp3) is 0.500. The predicted molar refractivity (Wildman–Crippen MR) is 102 cm³/mol. The van der Waals surface area contributed by atoms with Crippen LogP contribution in [-0.2, 0) is 9.59 Å². The molecule has 3 amide bonds. The van der Waals surface area contributed by atoms with Crippen LogP contribution in [0.5, 0.6) is 0 Å². The lowest BCUT2D eigenvalue weighted by Gasteiger charge is -2.34. The summed E-state index contributed by atoms with van der Waals surface area (Å²) in [5, 5.41) is 2.87. The largest absolute Gasteiger partial charge is 0.369 e. The molecule has 1 aliphatic rings. The van der Waals surface area contributed by atoms with Crippen LogP contribution in [0.1, 0.15) is 23.7 Å². The van der Waals surface area contributed by atoms with Gasteiger partial charge in [-0.1, -0.05) is 19.1 Å². The molecule has 0 saturated carbocycles. The maximum absolute atomic E-state index is 12.8. The minimum Gasteiger partial charge on any atom is -0.369 e. The smallest absolute Gasteiger partial charge is 0.255 e. The fourth-order valence-corrected chi connectivity index (χ4v) is 3.50. The van der Waals surface area contributed by atoms with E-state index in [0.717, 1.165) is 11.3 Å². The lowest BCUT2D eigenvalue weighted by atomic mass is 10.2. The number of thioether (sulfide) groups is 1. The highest BCUT2D eigenvalue weighted by molar-refractivity contribution is 8.00. The first-order chi connectivity index (χ1) is 12.5. The second kappa shape index (κ2) is 10.2. The molecule has 7 nitrogen and oxygen atoms in total. The molecule has 142 valence electrons. The number of nitrogens with two attached hydrogens (primary N) is 1. The van der Waals surface area contributed by atoms with Crippen molar-refractivity contribution in [2.75, 3.05) is 45.0 Å². The molecule has 0 unspecified atom stereocenters. The summed E-state index contributed by atoms with van der Waals surface area (Å²) < 4.78 is 0. The number of benzene rings is 1. The molecule has 2 rings (SSSR count). The van der Waals surface area contributed by atoms with E-state index in [2.05, 4.69) is 10.2 Å². The Hall–Kier alpha value is -2.06. The van der Waals surface area contributed by atoms with Crippen molar-refractivity contribution < 1.29 is 14.4 Å². The van der Waals surface area contributed by atoms with Crippen molar-refractivity contribution in [3.63, 3.8) is 0 Å². The minimum absolute atomic E-state index is 0.0276. The number of nitrogens with one attached hydrogen (secondary N) is 1. The first-order valence-corrected chi connectivity index (χ1v) is 9.78. The molecule has 1 fully saturated rings. The van der Waals surface area contributed by atoms with Gasteiger partial charge in [0.15, 0.2) is 0 Å². The van der Waals surface area contributed by atoms with E-state index in [4.69, 9.17) is 5.73 Å². The zero-order valence-corrected chi connectivity index (χ0v) is 15.9. The zero-order valence-electron chi connectivity index (χ0n) is 15.1. The van der Waals surface area contributed by atoms with Crippen LogP contribution in [0.3, 0.4) is 0 Å². The Morgan fingerprint density at radius 3 is 2.50 bits per heavy atom. The molecule has 0 spiro atoms. The van der Waals surface area contributed by atoms with Crippen molar-refractivity contribution in [2.45, 2.75) is 18.2 Å². The van der Waals surface area contributed by atoms with Gasteiger partial charge in [0.25, 0.3) is 5.91 Å². The molecule has 0 bridgehead atoms. The molecule has 1 aromatic carbocycles. The third-order valence-corrected chi connectivity index (χ3v) is 5.18. The summed E-state index contributed by atoms with van der Waals surface area (Å²) in [6.07, 6.45) is 0.918. The van der Waals surface area contributed by atoms with Gasteiger partial charge in [0.1, 0.15) is 0 Å². The third kappa shape index (κ3) is 6.03. The lowest BCUT2D eigenvalue weighted by molar-refractivity contribution is -0.122. The zero-order chi connectivity index (χ0) is 18.9. The molecule has 0 aliphatic carbocycles. The molecule has 1 saturated heterocycles. The van der Waals surface area contributed by atoms with E-state index in [1.54, 1.807) is 11.0 Å². The number of primary amides is 1. The Kier molecular flexibility index (Phi) is 7.93. The minimum atomic E-state index is -0.410. The quantitative estimate of drug-likeness (QED) is 0.644. The summed E-state index contributed by atoms with van der Waals surface area (Å²) >= 11 is 1.28. The lowest BCUT2D eigenvalue weighted by Crippen LogP contribution is -2.51. The topological polar surface area (TPSA) is 95.7 Å². The Bertz CT molecular complexity index is 645. The number of amides is 3. The maximum Gasteiger partial charge on any atom is 0.255 e. The number of piperazine rings is 1. The molecule has 1 aliphatic heterocycles. The Morgan fingerprint density at radius 1 is 1.15 bits per heavy atom. The van der Waals surface area contributed by atoms with Gasteiger partial charge in [0, 0.05) is 37.6 Å². The van der Waals surface area contributed by atoms with E-state index < -0.39 is 5.91 Å². The van der Waals surface area contributed by atoms with E-state index in [1.165, 1.54) is 11.8 Å². The van der Waals surface area contributed by atoms with Gasteiger partial charge in [-0.05, 0) is 18.6 Å². The standard InChI is InChI=1S/C18H26N4O3S/c1-2-7-20-17(24)12-21-8-10-22(11-9-21)18(25)14-5-3-4-6-15(14)26-13-16(19)23/h3-6H,2,7-13H2,1H3,(H2,19,23)(H,20,24). The number of carbonyl (C=O) groups excluding carboxylic acids is 3. The predicted octanol–water partition coefficient (Wildman–Crippen LogP) is 0.548. The monoisotopic (exact) mass is 378 g/mol. The van der Waals surface area contributed by atoms with Crippen molar-refractivity contribution >= 4 is 29.5 Å². The number of carbonyl (C=O) groups is 3. The fourth-order valence-electron chi connectivity index (χ4n) is 2.72. The summed E-state index contributed by atoms with van der Waals surface area (Å²) in [5.41, 5.74) is 5.79. The molecule has 0 radical (unpaired) electrons. The summed E-state index contributed by atoms with van der Waals surface area (Å²) in [6.45, 7) is 5.57. The molecule has 26 heavy (non-hydrogen) atoms. The Morgan fingerprint density at radius 2 is 1.85 bits per heavy atom. The molecule has 0 aromatic heterocycles. The molecule has 8 heteroatoms. The van der Waals surface area contributed by atoms with E-state index in [0.29, 0.717) is 44.8 Å². The third-order valence-electron chi connectivity index (χ3n) is 4.09. The average Bonchev–Trinajstić information content (AvgIpc) is 2.65. The van der Waals surface area contributed by atoms with Crippen molar-refractivity contribution in [3.8, 4) is 0 Å². The van der Waals surface area contributed by atoms with Gasteiger partial charge in [0.05, 0.1) is 17.9 Å².